The van der Waals surface area contributed by atoms with Crippen molar-refractivity contribution < 1.29 is 9.21 Å². The quantitative estimate of drug-likeness (QED) is 0.661. The molecule has 0 aliphatic carbocycles. The average Bonchev–Trinajstić information content (AvgIpc) is 3.18. The number of piperazine rings is 1. The van der Waals surface area contributed by atoms with Crippen LogP contribution >= 0.6 is 0 Å². The lowest BCUT2D eigenvalue weighted by molar-refractivity contribution is -0.135. The molecule has 1 fully saturated rings. The Morgan fingerprint density at radius 2 is 1.85 bits per heavy atom. The highest BCUT2D eigenvalue weighted by Crippen LogP contribution is 2.17. The molecule has 7 heteroatoms. The highest BCUT2D eigenvalue weighted by Gasteiger charge is 2.24. The molecule has 1 saturated heterocycles. The number of rotatable bonds is 4. The third-order valence-corrected chi connectivity index (χ3v) is 4.60. The van der Waals surface area contributed by atoms with Crippen LogP contribution in [0.4, 0.5) is 0 Å². The number of benzene rings is 1. The van der Waals surface area contributed by atoms with Gasteiger partial charge in [0.25, 0.3) is 0 Å². The van der Waals surface area contributed by atoms with Crippen molar-refractivity contribution in [3.8, 4) is 11.5 Å². The van der Waals surface area contributed by atoms with E-state index in [2.05, 4.69) is 20.2 Å². The van der Waals surface area contributed by atoms with Gasteiger partial charge in [0.15, 0.2) is 5.96 Å². The van der Waals surface area contributed by atoms with Crippen LogP contribution < -0.4 is 5.32 Å². The van der Waals surface area contributed by atoms with Crippen LogP contribution in [0.3, 0.4) is 0 Å². The minimum atomic E-state index is 0.0416. The molecule has 1 aliphatic heterocycles. The van der Waals surface area contributed by atoms with Crippen LogP contribution in [0, 0.1) is 5.92 Å². The molecular weight excluding hydrogens is 342 g/mol. The Bertz CT molecular complexity index is 777. The SMILES string of the molecule is CN=C(NCc1coc(-c2ccccc2)n1)N1CCN(C(=O)C(C)C)CC1. The van der Waals surface area contributed by atoms with E-state index in [1.807, 2.05) is 49.1 Å². The summed E-state index contributed by atoms with van der Waals surface area (Å²) in [4.78, 5) is 25.1. The fourth-order valence-corrected chi connectivity index (χ4v) is 3.11. The summed E-state index contributed by atoms with van der Waals surface area (Å²) in [6.07, 6.45) is 1.67. The van der Waals surface area contributed by atoms with E-state index >= 15 is 0 Å². The van der Waals surface area contributed by atoms with Crippen LogP contribution in [0.15, 0.2) is 46.0 Å². The number of amides is 1. The number of nitrogens with one attached hydrogen (secondary N) is 1. The Labute approximate surface area is 160 Å². The standard InChI is InChI=1S/C20H27N5O2/c1-15(2)19(26)24-9-11-25(12-10-24)20(21-3)22-13-17-14-27-18(23-17)16-7-5-4-6-8-16/h4-8,14-15H,9-13H2,1-3H3,(H,21,22). The minimum Gasteiger partial charge on any atom is -0.444 e. The molecule has 3 rings (SSSR count). The van der Waals surface area contributed by atoms with Crippen molar-refractivity contribution in [1.29, 1.82) is 0 Å². The molecule has 2 aromatic rings. The smallest absolute Gasteiger partial charge is 0.226 e. The molecule has 1 aliphatic rings. The normalized spacial score (nSPS) is 15.3. The number of oxazole rings is 1. The summed E-state index contributed by atoms with van der Waals surface area (Å²) in [7, 11) is 1.77. The van der Waals surface area contributed by atoms with Gasteiger partial charge in [0, 0.05) is 44.7 Å². The molecule has 1 N–H and O–H groups in total. The second-order valence-corrected chi connectivity index (χ2v) is 6.88. The van der Waals surface area contributed by atoms with Crippen LogP contribution in [-0.2, 0) is 11.3 Å². The second kappa shape index (κ2) is 8.70. The number of nitrogens with zero attached hydrogens (tertiary/aromatic N) is 4. The predicted molar refractivity (Wildman–Crippen MR) is 105 cm³/mol. The van der Waals surface area contributed by atoms with Gasteiger partial charge in [0.05, 0.1) is 12.2 Å². The lowest BCUT2D eigenvalue weighted by Crippen LogP contribution is -2.54. The van der Waals surface area contributed by atoms with Gasteiger partial charge in [-0.15, -0.1) is 0 Å². The number of aliphatic imine (C=N–C) groups is 1. The molecule has 7 nitrogen and oxygen atoms in total. The third kappa shape index (κ3) is 4.67. The first-order valence-electron chi connectivity index (χ1n) is 9.32. The lowest BCUT2D eigenvalue weighted by Gasteiger charge is -2.37. The fraction of sp³-hybridized carbons (Fsp3) is 0.450. The molecule has 0 radical (unpaired) electrons. The lowest BCUT2D eigenvalue weighted by atomic mass is 10.1. The summed E-state index contributed by atoms with van der Waals surface area (Å²) >= 11 is 0. The molecule has 0 bridgehead atoms. The van der Waals surface area contributed by atoms with Crippen LogP contribution in [0.25, 0.3) is 11.5 Å². The molecule has 144 valence electrons. The summed E-state index contributed by atoms with van der Waals surface area (Å²) in [5.41, 5.74) is 1.78. The van der Waals surface area contributed by atoms with E-state index in [0.717, 1.165) is 43.4 Å². The van der Waals surface area contributed by atoms with Gasteiger partial charge in [-0.1, -0.05) is 32.0 Å². The number of guanidine groups is 1. The first kappa shape index (κ1) is 18.9. The molecule has 1 amide bonds. The summed E-state index contributed by atoms with van der Waals surface area (Å²) in [6, 6.07) is 9.83. The van der Waals surface area contributed by atoms with E-state index in [9.17, 15) is 4.79 Å². The molecular formula is C20H27N5O2. The van der Waals surface area contributed by atoms with Gasteiger partial charge < -0.3 is 19.5 Å². The Kier molecular flexibility index (Phi) is 6.11. The van der Waals surface area contributed by atoms with Crippen LogP contribution in [-0.4, -0.2) is 59.9 Å². The van der Waals surface area contributed by atoms with Gasteiger partial charge in [0.2, 0.25) is 11.8 Å². The van der Waals surface area contributed by atoms with E-state index in [-0.39, 0.29) is 11.8 Å². The Hall–Kier alpha value is -2.83. The van der Waals surface area contributed by atoms with Gasteiger partial charge >= 0.3 is 0 Å². The molecule has 0 spiro atoms. The maximum atomic E-state index is 12.1. The summed E-state index contributed by atoms with van der Waals surface area (Å²) in [6.45, 7) is 7.40. The summed E-state index contributed by atoms with van der Waals surface area (Å²) in [5, 5.41) is 3.34. The number of carbonyl (C=O) groups is 1. The van der Waals surface area contributed by atoms with E-state index in [0.29, 0.717) is 12.4 Å². The summed E-state index contributed by atoms with van der Waals surface area (Å²) < 4.78 is 5.58. The van der Waals surface area contributed by atoms with Crippen molar-refractivity contribution in [2.24, 2.45) is 10.9 Å². The van der Waals surface area contributed by atoms with Crippen molar-refractivity contribution in [2.75, 3.05) is 33.2 Å². The van der Waals surface area contributed by atoms with E-state index in [1.54, 1.807) is 13.3 Å². The van der Waals surface area contributed by atoms with Gasteiger partial charge in [-0.2, -0.15) is 0 Å². The van der Waals surface area contributed by atoms with E-state index < -0.39 is 0 Å². The van der Waals surface area contributed by atoms with Crippen molar-refractivity contribution in [3.05, 3.63) is 42.3 Å². The van der Waals surface area contributed by atoms with E-state index in [1.165, 1.54) is 0 Å². The molecule has 0 unspecified atom stereocenters. The van der Waals surface area contributed by atoms with Crippen LogP contribution in [0.5, 0.6) is 0 Å². The highest BCUT2D eigenvalue weighted by atomic mass is 16.3. The Morgan fingerprint density at radius 3 is 2.48 bits per heavy atom. The zero-order valence-electron chi connectivity index (χ0n) is 16.2. The zero-order valence-corrected chi connectivity index (χ0v) is 16.2. The van der Waals surface area contributed by atoms with Gasteiger partial charge in [-0.25, -0.2) is 4.98 Å². The van der Waals surface area contributed by atoms with Crippen LogP contribution in [0.1, 0.15) is 19.5 Å². The topological polar surface area (TPSA) is 74.0 Å². The second-order valence-electron chi connectivity index (χ2n) is 6.88. The predicted octanol–water partition coefficient (Wildman–Crippen LogP) is 2.22. The first-order valence-corrected chi connectivity index (χ1v) is 9.32. The largest absolute Gasteiger partial charge is 0.444 e. The highest BCUT2D eigenvalue weighted by molar-refractivity contribution is 5.81. The summed E-state index contributed by atoms with van der Waals surface area (Å²) in [5.74, 6) is 1.69. The maximum Gasteiger partial charge on any atom is 0.226 e. The third-order valence-electron chi connectivity index (χ3n) is 4.60. The molecule has 1 aromatic carbocycles. The van der Waals surface area contributed by atoms with Gasteiger partial charge in [0.1, 0.15) is 6.26 Å². The minimum absolute atomic E-state index is 0.0416. The number of carbonyl (C=O) groups excluding carboxylic acids is 1. The van der Waals surface area contributed by atoms with Crippen molar-refractivity contribution in [2.45, 2.75) is 20.4 Å². The monoisotopic (exact) mass is 369 g/mol. The molecule has 1 aromatic heterocycles. The average molecular weight is 369 g/mol. The number of aromatic nitrogens is 1. The van der Waals surface area contributed by atoms with Crippen molar-refractivity contribution >= 4 is 11.9 Å². The van der Waals surface area contributed by atoms with Crippen molar-refractivity contribution in [1.82, 2.24) is 20.1 Å². The van der Waals surface area contributed by atoms with Gasteiger partial charge in [-0.05, 0) is 12.1 Å². The van der Waals surface area contributed by atoms with Crippen molar-refractivity contribution in [3.63, 3.8) is 0 Å². The molecule has 0 saturated carbocycles. The molecule has 2 heterocycles. The fourth-order valence-electron chi connectivity index (χ4n) is 3.11. The maximum absolute atomic E-state index is 12.1. The zero-order chi connectivity index (χ0) is 19.2. The Morgan fingerprint density at radius 1 is 1.19 bits per heavy atom. The molecule has 0 atom stereocenters. The first-order chi connectivity index (χ1) is 13.1. The van der Waals surface area contributed by atoms with E-state index in [4.69, 9.17) is 4.42 Å². The number of hydrogen-bond acceptors (Lipinski definition) is 4. The van der Waals surface area contributed by atoms with Gasteiger partial charge in [-0.3, -0.25) is 9.79 Å². The number of hydrogen-bond donors (Lipinski definition) is 1. The Balaban J connectivity index is 1.53. The molecule has 27 heavy (non-hydrogen) atoms. The van der Waals surface area contributed by atoms with Crippen LogP contribution in [0.2, 0.25) is 0 Å².